The van der Waals surface area contributed by atoms with Gasteiger partial charge in [0.2, 0.25) is 5.91 Å². The summed E-state index contributed by atoms with van der Waals surface area (Å²) in [5, 5.41) is 7.21. The van der Waals surface area contributed by atoms with E-state index < -0.39 is 0 Å². The highest BCUT2D eigenvalue weighted by atomic mass is 16.2. The van der Waals surface area contributed by atoms with Crippen LogP contribution in [0.25, 0.3) is 0 Å². The Bertz CT molecular complexity index is 633. The van der Waals surface area contributed by atoms with E-state index in [1.165, 1.54) is 0 Å². The topological polar surface area (TPSA) is 67.2 Å². The van der Waals surface area contributed by atoms with E-state index in [4.69, 9.17) is 0 Å². The second kappa shape index (κ2) is 7.20. The first-order valence-corrected chi connectivity index (χ1v) is 8.77. The molecule has 1 fully saturated rings. The van der Waals surface area contributed by atoms with Gasteiger partial charge in [-0.05, 0) is 44.6 Å². The lowest BCUT2D eigenvalue weighted by molar-refractivity contribution is -0.136. The number of hydrogen-bond donors (Lipinski definition) is 1. The zero-order valence-electron chi connectivity index (χ0n) is 14.5. The van der Waals surface area contributed by atoms with Crippen LogP contribution in [0, 0.1) is 18.8 Å². The highest BCUT2D eigenvalue weighted by Crippen LogP contribution is 2.24. The molecule has 1 aliphatic heterocycles. The lowest BCUT2D eigenvalue weighted by atomic mass is 9.95. The number of likely N-dealkylation sites (tertiary alicyclic amines) is 1. The van der Waals surface area contributed by atoms with Crippen molar-refractivity contribution in [3.63, 3.8) is 0 Å². The van der Waals surface area contributed by atoms with Crippen molar-refractivity contribution in [3.8, 4) is 0 Å². The molecular formula is C18H26N4O2. The molecule has 2 aliphatic rings. The Hall–Kier alpha value is -2.11. The molecule has 2 heterocycles. The van der Waals surface area contributed by atoms with E-state index >= 15 is 0 Å². The minimum atomic E-state index is -0.0753. The normalized spacial score (nSPS) is 19.0. The van der Waals surface area contributed by atoms with Gasteiger partial charge in [0.25, 0.3) is 5.91 Å². The molecule has 130 valence electrons. The average Bonchev–Trinajstić information content (AvgIpc) is 3.22. The summed E-state index contributed by atoms with van der Waals surface area (Å²) in [5.74, 6) is 0.824. The van der Waals surface area contributed by atoms with Crippen LogP contribution in [0.3, 0.4) is 0 Å². The molecule has 24 heavy (non-hydrogen) atoms. The van der Waals surface area contributed by atoms with Gasteiger partial charge in [-0.15, -0.1) is 0 Å². The van der Waals surface area contributed by atoms with Crippen LogP contribution >= 0.6 is 0 Å². The zero-order valence-corrected chi connectivity index (χ0v) is 14.5. The molecule has 6 heteroatoms. The number of nitrogens with one attached hydrogen (secondary N) is 1. The Morgan fingerprint density at radius 3 is 2.50 bits per heavy atom. The number of hydrogen-bond acceptors (Lipinski definition) is 3. The number of carbonyl (C=O) groups is 2. The van der Waals surface area contributed by atoms with E-state index in [1.54, 1.807) is 17.8 Å². The molecule has 0 spiro atoms. The standard InChI is InChI=1S/C18H26N4O2/c1-13-11-16(21(2)20-13)17(23)19-12-14-7-9-22(10-8-14)18(24)15-5-3-4-6-15/h3-4,11,14-15H,5-10,12H2,1-2H3,(H,19,23). The molecule has 1 aliphatic carbocycles. The monoisotopic (exact) mass is 330 g/mol. The summed E-state index contributed by atoms with van der Waals surface area (Å²) in [4.78, 5) is 26.6. The number of amides is 2. The van der Waals surface area contributed by atoms with Gasteiger partial charge in [-0.1, -0.05) is 12.2 Å². The number of aryl methyl sites for hydroxylation is 2. The lowest BCUT2D eigenvalue weighted by Gasteiger charge is -2.33. The van der Waals surface area contributed by atoms with Crippen molar-refractivity contribution >= 4 is 11.8 Å². The maximum absolute atomic E-state index is 12.4. The van der Waals surface area contributed by atoms with Crippen LogP contribution in [-0.4, -0.2) is 46.1 Å². The number of aromatic nitrogens is 2. The van der Waals surface area contributed by atoms with Crippen LogP contribution in [0.5, 0.6) is 0 Å². The molecule has 0 aromatic carbocycles. The van der Waals surface area contributed by atoms with Crippen molar-refractivity contribution in [1.82, 2.24) is 20.0 Å². The van der Waals surface area contributed by atoms with E-state index in [0.717, 1.165) is 44.5 Å². The van der Waals surface area contributed by atoms with Crippen LogP contribution in [0.1, 0.15) is 41.9 Å². The van der Waals surface area contributed by atoms with E-state index in [2.05, 4.69) is 22.6 Å². The molecule has 6 nitrogen and oxygen atoms in total. The van der Waals surface area contributed by atoms with Crippen molar-refractivity contribution in [3.05, 3.63) is 29.6 Å². The lowest BCUT2D eigenvalue weighted by Crippen LogP contribution is -2.43. The van der Waals surface area contributed by atoms with Crippen LogP contribution in [0.2, 0.25) is 0 Å². The summed E-state index contributed by atoms with van der Waals surface area (Å²) in [6.45, 7) is 4.15. The second-order valence-electron chi connectivity index (χ2n) is 6.91. The number of rotatable bonds is 4. The third kappa shape index (κ3) is 3.68. The van der Waals surface area contributed by atoms with Crippen molar-refractivity contribution < 1.29 is 9.59 Å². The number of carbonyl (C=O) groups excluding carboxylic acids is 2. The fraction of sp³-hybridized carbons (Fsp3) is 0.611. The van der Waals surface area contributed by atoms with Gasteiger partial charge in [-0.2, -0.15) is 5.10 Å². The Morgan fingerprint density at radius 1 is 1.25 bits per heavy atom. The van der Waals surface area contributed by atoms with E-state index in [-0.39, 0.29) is 11.8 Å². The van der Waals surface area contributed by atoms with Gasteiger partial charge in [-0.25, -0.2) is 0 Å². The van der Waals surface area contributed by atoms with Crippen molar-refractivity contribution in [2.75, 3.05) is 19.6 Å². The number of piperidine rings is 1. The molecule has 1 saturated heterocycles. The molecule has 0 unspecified atom stereocenters. The first-order chi connectivity index (χ1) is 11.5. The van der Waals surface area contributed by atoms with Crippen LogP contribution < -0.4 is 5.32 Å². The summed E-state index contributed by atoms with van der Waals surface area (Å²) in [5.41, 5.74) is 1.43. The maximum atomic E-state index is 12.4. The summed E-state index contributed by atoms with van der Waals surface area (Å²) in [7, 11) is 1.78. The smallest absolute Gasteiger partial charge is 0.269 e. The molecule has 1 N–H and O–H groups in total. The molecule has 0 atom stereocenters. The fourth-order valence-electron chi connectivity index (χ4n) is 3.59. The Labute approximate surface area is 142 Å². The molecule has 1 aromatic heterocycles. The average molecular weight is 330 g/mol. The summed E-state index contributed by atoms with van der Waals surface area (Å²) < 4.78 is 1.61. The molecule has 0 radical (unpaired) electrons. The largest absolute Gasteiger partial charge is 0.350 e. The number of nitrogens with zero attached hydrogens (tertiary/aromatic N) is 3. The summed E-state index contributed by atoms with van der Waals surface area (Å²) in [6, 6.07) is 1.80. The molecule has 1 aromatic rings. The van der Waals surface area contributed by atoms with Gasteiger partial charge in [-0.3, -0.25) is 14.3 Å². The predicted octanol–water partition coefficient (Wildman–Crippen LogP) is 1.66. The highest BCUT2D eigenvalue weighted by Gasteiger charge is 2.28. The van der Waals surface area contributed by atoms with Crippen LogP contribution in [0.15, 0.2) is 18.2 Å². The van der Waals surface area contributed by atoms with Crippen molar-refractivity contribution in [2.24, 2.45) is 18.9 Å². The number of allylic oxidation sites excluding steroid dienone is 2. The third-order valence-corrected chi connectivity index (χ3v) is 5.07. The van der Waals surface area contributed by atoms with Gasteiger partial charge in [0.1, 0.15) is 5.69 Å². The van der Waals surface area contributed by atoms with Gasteiger partial charge in [0.15, 0.2) is 0 Å². The fourth-order valence-corrected chi connectivity index (χ4v) is 3.59. The predicted molar refractivity (Wildman–Crippen MR) is 91.4 cm³/mol. The minimum Gasteiger partial charge on any atom is -0.350 e. The Kier molecular flexibility index (Phi) is 5.02. The van der Waals surface area contributed by atoms with Gasteiger partial charge in [0.05, 0.1) is 5.69 Å². The summed E-state index contributed by atoms with van der Waals surface area (Å²) >= 11 is 0. The molecule has 0 bridgehead atoms. The second-order valence-corrected chi connectivity index (χ2v) is 6.91. The molecule has 3 rings (SSSR count). The van der Waals surface area contributed by atoms with E-state index in [0.29, 0.717) is 24.1 Å². The quantitative estimate of drug-likeness (QED) is 0.854. The van der Waals surface area contributed by atoms with Crippen molar-refractivity contribution in [2.45, 2.75) is 32.6 Å². The highest BCUT2D eigenvalue weighted by molar-refractivity contribution is 5.92. The zero-order chi connectivity index (χ0) is 17.1. The molecule has 2 amide bonds. The summed E-state index contributed by atoms with van der Waals surface area (Å²) in [6.07, 6.45) is 7.89. The van der Waals surface area contributed by atoms with Gasteiger partial charge < -0.3 is 10.2 Å². The van der Waals surface area contributed by atoms with Gasteiger partial charge >= 0.3 is 0 Å². The third-order valence-electron chi connectivity index (χ3n) is 5.07. The van der Waals surface area contributed by atoms with Crippen molar-refractivity contribution in [1.29, 1.82) is 0 Å². The van der Waals surface area contributed by atoms with E-state index in [9.17, 15) is 9.59 Å². The Balaban J connectivity index is 1.43. The SMILES string of the molecule is Cc1cc(C(=O)NCC2CCN(C(=O)C3CC=CC3)CC2)n(C)n1. The Morgan fingerprint density at radius 2 is 1.92 bits per heavy atom. The molecule has 0 saturated carbocycles. The van der Waals surface area contributed by atoms with Crippen LogP contribution in [-0.2, 0) is 11.8 Å². The van der Waals surface area contributed by atoms with E-state index in [1.807, 2.05) is 11.8 Å². The van der Waals surface area contributed by atoms with Crippen LogP contribution in [0.4, 0.5) is 0 Å². The molecular weight excluding hydrogens is 304 g/mol. The van der Waals surface area contributed by atoms with Gasteiger partial charge in [0, 0.05) is 32.6 Å². The maximum Gasteiger partial charge on any atom is 0.269 e. The first-order valence-electron chi connectivity index (χ1n) is 8.77. The first kappa shape index (κ1) is 16.7. The minimum absolute atomic E-state index is 0.0753.